The molecule has 0 aliphatic carbocycles. The normalized spacial score (nSPS) is 18.7. The van der Waals surface area contributed by atoms with Gasteiger partial charge in [0.05, 0.1) is 6.61 Å². The first-order valence-corrected chi connectivity index (χ1v) is 9.10. The average molecular weight is 391 g/mol. The zero-order valence-electron chi connectivity index (χ0n) is 15.5. The summed E-state index contributed by atoms with van der Waals surface area (Å²) >= 11 is 0. The number of hydrogen-bond acceptors (Lipinski definition) is 4. The summed E-state index contributed by atoms with van der Waals surface area (Å²) in [5.41, 5.74) is 7.19. The van der Waals surface area contributed by atoms with E-state index in [0.29, 0.717) is 37.7 Å². The van der Waals surface area contributed by atoms with Crippen LogP contribution in [0.25, 0.3) is 0 Å². The molecular weight excluding hydrogens is 364 g/mol. The molecule has 2 aromatic carbocycles. The van der Waals surface area contributed by atoms with Gasteiger partial charge in [0.25, 0.3) is 5.91 Å². The van der Waals surface area contributed by atoms with Crippen LogP contribution >= 0.6 is 12.4 Å². The maximum atomic E-state index is 12.6. The van der Waals surface area contributed by atoms with Crippen molar-refractivity contribution >= 4 is 18.3 Å². The molecule has 1 heterocycles. The fourth-order valence-electron chi connectivity index (χ4n) is 3.47. The molecule has 0 saturated carbocycles. The quantitative estimate of drug-likeness (QED) is 0.789. The van der Waals surface area contributed by atoms with E-state index >= 15 is 0 Å². The molecule has 0 unspecified atom stereocenters. The number of ether oxygens (including phenoxy) is 2. The number of rotatable bonds is 7. The van der Waals surface area contributed by atoms with Crippen LogP contribution in [0.2, 0.25) is 0 Å². The fraction of sp³-hybridized carbons (Fsp3) is 0.381. The van der Waals surface area contributed by atoms with Crippen LogP contribution in [0.3, 0.4) is 0 Å². The highest BCUT2D eigenvalue weighted by atomic mass is 35.5. The minimum Gasteiger partial charge on any atom is -0.490 e. The van der Waals surface area contributed by atoms with E-state index < -0.39 is 0 Å². The first-order chi connectivity index (χ1) is 12.7. The lowest BCUT2D eigenvalue weighted by Crippen LogP contribution is -2.33. The number of benzene rings is 2. The summed E-state index contributed by atoms with van der Waals surface area (Å²) in [6, 6.07) is 17.7. The van der Waals surface area contributed by atoms with Gasteiger partial charge >= 0.3 is 0 Å². The third-order valence-corrected chi connectivity index (χ3v) is 4.82. The van der Waals surface area contributed by atoms with Crippen molar-refractivity contribution in [3.05, 3.63) is 60.2 Å². The summed E-state index contributed by atoms with van der Waals surface area (Å²) < 4.78 is 11.3. The zero-order valence-corrected chi connectivity index (χ0v) is 16.4. The molecule has 6 heteroatoms. The van der Waals surface area contributed by atoms with Gasteiger partial charge in [-0.2, -0.15) is 0 Å². The van der Waals surface area contributed by atoms with Crippen LogP contribution in [0.15, 0.2) is 54.6 Å². The lowest BCUT2D eigenvalue weighted by molar-refractivity contribution is -0.132. The summed E-state index contributed by atoms with van der Waals surface area (Å²) in [6.45, 7) is 4.40. The lowest BCUT2D eigenvalue weighted by Gasteiger charge is -2.18. The maximum Gasteiger partial charge on any atom is 0.260 e. The molecule has 2 N–H and O–H groups in total. The van der Waals surface area contributed by atoms with Gasteiger partial charge in [0.2, 0.25) is 0 Å². The molecule has 1 fully saturated rings. The van der Waals surface area contributed by atoms with E-state index in [2.05, 4.69) is 12.1 Å². The van der Waals surface area contributed by atoms with E-state index in [9.17, 15) is 4.79 Å². The van der Waals surface area contributed by atoms with Gasteiger partial charge in [-0.15, -0.1) is 12.4 Å². The van der Waals surface area contributed by atoms with Gasteiger partial charge in [-0.05, 0) is 37.1 Å². The molecule has 0 radical (unpaired) electrons. The number of halogens is 1. The van der Waals surface area contributed by atoms with Crippen LogP contribution in [0.1, 0.15) is 18.4 Å². The third kappa shape index (κ3) is 5.15. The highest BCUT2D eigenvalue weighted by Gasteiger charge is 2.35. The summed E-state index contributed by atoms with van der Waals surface area (Å²) in [6.07, 6.45) is 0. The van der Waals surface area contributed by atoms with Crippen LogP contribution in [0.5, 0.6) is 11.5 Å². The number of carbonyl (C=O) groups is 1. The highest BCUT2D eigenvalue weighted by molar-refractivity contribution is 5.85. The molecule has 27 heavy (non-hydrogen) atoms. The van der Waals surface area contributed by atoms with Crippen molar-refractivity contribution in [2.24, 2.45) is 11.7 Å². The van der Waals surface area contributed by atoms with Crippen molar-refractivity contribution in [2.45, 2.75) is 12.8 Å². The molecule has 1 saturated heterocycles. The van der Waals surface area contributed by atoms with Gasteiger partial charge in [-0.1, -0.05) is 42.5 Å². The average Bonchev–Trinajstić information content (AvgIpc) is 3.12. The molecule has 2 atom stereocenters. The Morgan fingerprint density at radius 1 is 1.04 bits per heavy atom. The van der Waals surface area contributed by atoms with Crippen molar-refractivity contribution in [3.63, 3.8) is 0 Å². The van der Waals surface area contributed by atoms with E-state index in [1.54, 1.807) is 0 Å². The minimum absolute atomic E-state index is 0. The van der Waals surface area contributed by atoms with Crippen molar-refractivity contribution in [2.75, 3.05) is 32.8 Å². The zero-order chi connectivity index (χ0) is 18.4. The smallest absolute Gasteiger partial charge is 0.260 e. The van der Waals surface area contributed by atoms with E-state index in [0.717, 1.165) is 0 Å². The van der Waals surface area contributed by atoms with Crippen LogP contribution in [-0.2, 0) is 4.79 Å². The van der Waals surface area contributed by atoms with Crippen LogP contribution in [0.4, 0.5) is 0 Å². The van der Waals surface area contributed by atoms with Gasteiger partial charge in [-0.25, -0.2) is 0 Å². The largest absolute Gasteiger partial charge is 0.490 e. The first kappa shape index (κ1) is 21.1. The highest BCUT2D eigenvalue weighted by Crippen LogP contribution is 2.32. The monoisotopic (exact) mass is 390 g/mol. The molecule has 1 aliphatic rings. The molecule has 0 bridgehead atoms. The number of hydrogen-bond donors (Lipinski definition) is 1. The number of amides is 1. The summed E-state index contributed by atoms with van der Waals surface area (Å²) in [4.78, 5) is 14.5. The van der Waals surface area contributed by atoms with Crippen molar-refractivity contribution in [1.29, 1.82) is 0 Å². The number of para-hydroxylation sites is 2. The Labute approximate surface area is 166 Å². The second-order valence-electron chi connectivity index (χ2n) is 6.48. The Bertz CT molecular complexity index is 726. The molecule has 1 aliphatic heterocycles. The Balaban J connectivity index is 0.00000261. The Morgan fingerprint density at radius 2 is 1.67 bits per heavy atom. The predicted octanol–water partition coefficient (Wildman–Crippen LogP) is 3.09. The molecular formula is C21H27ClN2O3. The van der Waals surface area contributed by atoms with Gasteiger partial charge in [0, 0.05) is 19.0 Å². The van der Waals surface area contributed by atoms with Crippen molar-refractivity contribution < 1.29 is 14.3 Å². The number of nitrogens with two attached hydrogens (primary N) is 1. The number of nitrogens with zero attached hydrogens (tertiary/aromatic N) is 1. The van der Waals surface area contributed by atoms with Gasteiger partial charge in [0.1, 0.15) is 0 Å². The molecule has 2 aromatic rings. The van der Waals surface area contributed by atoms with Crippen LogP contribution < -0.4 is 15.2 Å². The number of carbonyl (C=O) groups excluding carboxylic acids is 1. The molecule has 0 aromatic heterocycles. The van der Waals surface area contributed by atoms with Gasteiger partial charge in [-0.3, -0.25) is 4.79 Å². The molecule has 146 valence electrons. The topological polar surface area (TPSA) is 64.8 Å². The Hall–Kier alpha value is -2.24. The molecule has 0 spiro atoms. The van der Waals surface area contributed by atoms with Crippen molar-refractivity contribution in [3.8, 4) is 11.5 Å². The summed E-state index contributed by atoms with van der Waals surface area (Å²) in [5.74, 6) is 1.79. The second-order valence-corrected chi connectivity index (χ2v) is 6.48. The van der Waals surface area contributed by atoms with E-state index in [1.807, 2.05) is 54.3 Å². The van der Waals surface area contributed by atoms with Crippen LogP contribution in [-0.4, -0.2) is 43.7 Å². The first-order valence-electron chi connectivity index (χ1n) is 9.10. The Kier molecular flexibility index (Phi) is 7.95. The van der Waals surface area contributed by atoms with Gasteiger partial charge in [0.15, 0.2) is 18.1 Å². The summed E-state index contributed by atoms with van der Waals surface area (Å²) in [5, 5.41) is 0. The Morgan fingerprint density at radius 3 is 2.30 bits per heavy atom. The fourth-order valence-corrected chi connectivity index (χ4v) is 3.47. The molecule has 3 rings (SSSR count). The van der Waals surface area contributed by atoms with E-state index in [1.165, 1.54) is 5.56 Å². The predicted molar refractivity (Wildman–Crippen MR) is 109 cm³/mol. The minimum atomic E-state index is -0.0202. The standard InChI is InChI=1S/C21H26N2O3.ClH/c1-2-25-19-10-6-7-11-20(19)26-15-21(24)23-13-17(12-22)18(14-23)16-8-4-3-5-9-16;/h3-11,17-18H,2,12-15,22H2,1H3;1H/t17-,18+;/m1./s1. The van der Waals surface area contributed by atoms with Gasteiger partial charge < -0.3 is 20.1 Å². The van der Waals surface area contributed by atoms with E-state index in [4.69, 9.17) is 15.2 Å². The van der Waals surface area contributed by atoms with E-state index in [-0.39, 0.29) is 36.8 Å². The third-order valence-electron chi connectivity index (χ3n) is 4.82. The molecule has 5 nitrogen and oxygen atoms in total. The maximum absolute atomic E-state index is 12.6. The van der Waals surface area contributed by atoms with Crippen molar-refractivity contribution in [1.82, 2.24) is 4.90 Å². The van der Waals surface area contributed by atoms with Crippen LogP contribution in [0, 0.1) is 5.92 Å². The second kappa shape index (κ2) is 10.2. The summed E-state index contributed by atoms with van der Waals surface area (Å²) in [7, 11) is 0. The SMILES string of the molecule is CCOc1ccccc1OCC(=O)N1C[C@@H](CN)[C@H](c2ccccc2)C1.Cl. The lowest BCUT2D eigenvalue weighted by atomic mass is 9.89. The number of likely N-dealkylation sites (tertiary alicyclic amines) is 1. The molecule has 1 amide bonds.